The van der Waals surface area contributed by atoms with Gasteiger partial charge >= 0.3 is 0 Å². The van der Waals surface area contributed by atoms with Crippen LogP contribution in [0.2, 0.25) is 0 Å². The minimum Gasteiger partial charge on any atom is -0.457 e. The van der Waals surface area contributed by atoms with Crippen molar-refractivity contribution in [3.05, 3.63) is 59.7 Å². The van der Waals surface area contributed by atoms with Crippen molar-refractivity contribution in [3.8, 4) is 17.6 Å². The zero-order valence-electron chi connectivity index (χ0n) is 11.8. The molecule has 1 N–H and O–H groups in total. The zero-order valence-corrected chi connectivity index (χ0v) is 11.8. The van der Waals surface area contributed by atoms with Crippen LogP contribution in [0, 0.1) is 11.3 Å². The third-order valence-electron chi connectivity index (χ3n) is 3.26. The fraction of sp³-hybridized carbons (Fsp3) is 0.235. The lowest BCUT2D eigenvalue weighted by Crippen LogP contribution is -2.14. The van der Waals surface area contributed by atoms with E-state index in [1.165, 1.54) is 5.56 Å². The Morgan fingerprint density at radius 2 is 1.60 bits per heavy atom. The minimum atomic E-state index is 0.374. The maximum atomic E-state index is 8.75. The molecule has 0 radical (unpaired) electrons. The molecule has 0 heterocycles. The van der Waals surface area contributed by atoms with Crippen LogP contribution in [-0.2, 0) is 0 Å². The number of nitrogens with zero attached hydrogens (tertiary/aromatic N) is 1. The number of hydrogen-bond acceptors (Lipinski definition) is 3. The molecular weight excluding hydrogens is 248 g/mol. The molecule has 102 valence electrons. The molecule has 2 aromatic carbocycles. The smallest absolute Gasteiger partial charge is 0.127 e. The Morgan fingerprint density at radius 1 is 1.05 bits per heavy atom. The predicted molar refractivity (Wildman–Crippen MR) is 79.8 cm³/mol. The van der Waals surface area contributed by atoms with Gasteiger partial charge in [0.1, 0.15) is 11.5 Å². The molecule has 0 aliphatic rings. The van der Waals surface area contributed by atoms with Gasteiger partial charge < -0.3 is 10.1 Å². The molecule has 3 heteroatoms. The Kier molecular flexibility index (Phi) is 4.75. The van der Waals surface area contributed by atoms with Gasteiger partial charge in [-0.3, -0.25) is 0 Å². The van der Waals surface area contributed by atoms with E-state index in [2.05, 4.69) is 30.4 Å². The van der Waals surface area contributed by atoms with Gasteiger partial charge in [-0.25, -0.2) is 0 Å². The lowest BCUT2D eigenvalue weighted by atomic mass is 10.0. The monoisotopic (exact) mass is 266 g/mol. The summed E-state index contributed by atoms with van der Waals surface area (Å²) in [4.78, 5) is 0. The summed E-state index contributed by atoms with van der Waals surface area (Å²) in [5.41, 5.74) is 1.88. The van der Waals surface area contributed by atoms with Gasteiger partial charge in [0.05, 0.1) is 11.6 Å². The SMILES string of the molecule is CCC(NC)c1ccc(Oc2ccc(C#N)cc2)cc1. The van der Waals surface area contributed by atoms with E-state index in [-0.39, 0.29) is 0 Å². The Morgan fingerprint density at radius 3 is 2.05 bits per heavy atom. The van der Waals surface area contributed by atoms with Crippen molar-refractivity contribution in [2.24, 2.45) is 0 Å². The van der Waals surface area contributed by atoms with Gasteiger partial charge in [-0.1, -0.05) is 19.1 Å². The molecule has 0 saturated heterocycles. The van der Waals surface area contributed by atoms with Crippen molar-refractivity contribution < 1.29 is 4.74 Å². The first-order valence-corrected chi connectivity index (χ1v) is 6.72. The second kappa shape index (κ2) is 6.74. The number of ether oxygens (including phenoxy) is 1. The summed E-state index contributed by atoms with van der Waals surface area (Å²) in [5, 5.41) is 12.0. The first-order valence-electron chi connectivity index (χ1n) is 6.72. The van der Waals surface area contributed by atoms with Crippen LogP contribution in [-0.4, -0.2) is 7.05 Å². The highest BCUT2D eigenvalue weighted by Crippen LogP contribution is 2.24. The second-order valence-electron chi connectivity index (χ2n) is 4.56. The number of nitrogens with one attached hydrogen (secondary N) is 1. The maximum absolute atomic E-state index is 8.75. The Bertz CT molecular complexity index is 578. The lowest BCUT2D eigenvalue weighted by molar-refractivity contribution is 0.481. The van der Waals surface area contributed by atoms with Gasteiger partial charge in [-0.2, -0.15) is 5.26 Å². The van der Waals surface area contributed by atoms with Crippen LogP contribution in [0.15, 0.2) is 48.5 Å². The average Bonchev–Trinajstić information content (AvgIpc) is 2.51. The van der Waals surface area contributed by atoms with Gasteiger partial charge in [-0.15, -0.1) is 0 Å². The van der Waals surface area contributed by atoms with Crippen molar-refractivity contribution in [1.29, 1.82) is 5.26 Å². The highest BCUT2D eigenvalue weighted by molar-refractivity contribution is 5.38. The normalized spacial score (nSPS) is 11.7. The molecule has 0 bridgehead atoms. The van der Waals surface area contributed by atoms with E-state index >= 15 is 0 Å². The van der Waals surface area contributed by atoms with E-state index in [1.54, 1.807) is 24.3 Å². The van der Waals surface area contributed by atoms with Gasteiger partial charge in [0.2, 0.25) is 0 Å². The van der Waals surface area contributed by atoms with E-state index in [0.717, 1.165) is 17.9 Å². The summed E-state index contributed by atoms with van der Waals surface area (Å²) in [7, 11) is 1.97. The summed E-state index contributed by atoms with van der Waals surface area (Å²) in [6.45, 7) is 2.16. The van der Waals surface area contributed by atoms with Crippen molar-refractivity contribution >= 4 is 0 Å². The van der Waals surface area contributed by atoms with E-state index in [0.29, 0.717) is 11.6 Å². The number of rotatable bonds is 5. The van der Waals surface area contributed by atoms with Crippen molar-refractivity contribution in [3.63, 3.8) is 0 Å². The van der Waals surface area contributed by atoms with Crippen molar-refractivity contribution in [2.75, 3.05) is 7.05 Å². The van der Waals surface area contributed by atoms with Gasteiger partial charge in [0.15, 0.2) is 0 Å². The Balaban J connectivity index is 2.08. The predicted octanol–water partition coefficient (Wildman–Crippen LogP) is 4.02. The van der Waals surface area contributed by atoms with Crippen molar-refractivity contribution in [1.82, 2.24) is 5.32 Å². The molecule has 2 aromatic rings. The summed E-state index contributed by atoms with van der Waals surface area (Å²) in [6, 6.07) is 17.6. The summed E-state index contributed by atoms with van der Waals surface area (Å²) < 4.78 is 5.75. The maximum Gasteiger partial charge on any atom is 0.127 e. The molecule has 0 aliphatic heterocycles. The molecule has 0 aliphatic carbocycles. The number of benzene rings is 2. The first kappa shape index (κ1) is 14.1. The average molecular weight is 266 g/mol. The van der Waals surface area contributed by atoms with E-state index in [4.69, 9.17) is 10.00 Å². The second-order valence-corrected chi connectivity index (χ2v) is 4.56. The first-order chi connectivity index (χ1) is 9.76. The molecule has 0 spiro atoms. The summed E-state index contributed by atoms with van der Waals surface area (Å²) in [5.74, 6) is 1.53. The molecule has 2 rings (SSSR count). The lowest BCUT2D eigenvalue weighted by Gasteiger charge is -2.14. The molecule has 3 nitrogen and oxygen atoms in total. The van der Waals surface area contributed by atoms with Gasteiger partial charge in [0.25, 0.3) is 0 Å². The molecule has 0 amide bonds. The zero-order chi connectivity index (χ0) is 14.4. The van der Waals surface area contributed by atoms with Crippen LogP contribution < -0.4 is 10.1 Å². The molecular formula is C17H18N2O. The number of hydrogen-bond donors (Lipinski definition) is 1. The fourth-order valence-corrected chi connectivity index (χ4v) is 2.11. The van der Waals surface area contributed by atoms with Crippen molar-refractivity contribution in [2.45, 2.75) is 19.4 Å². The summed E-state index contributed by atoms with van der Waals surface area (Å²) >= 11 is 0. The Hall–Kier alpha value is -2.31. The van der Waals surface area contributed by atoms with E-state index < -0.39 is 0 Å². The number of nitriles is 1. The Labute approximate surface area is 119 Å². The topological polar surface area (TPSA) is 45.0 Å². The van der Waals surface area contributed by atoms with Crippen LogP contribution in [0.3, 0.4) is 0 Å². The van der Waals surface area contributed by atoms with Crippen LogP contribution in [0.4, 0.5) is 0 Å². The molecule has 1 unspecified atom stereocenters. The van der Waals surface area contributed by atoms with Crippen LogP contribution in [0.1, 0.15) is 30.5 Å². The third kappa shape index (κ3) is 3.37. The molecule has 0 saturated carbocycles. The highest BCUT2D eigenvalue weighted by atomic mass is 16.5. The quantitative estimate of drug-likeness (QED) is 0.889. The van der Waals surface area contributed by atoms with Crippen LogP contribution in [0.5, 0.6) is 11.5 Å². The molecule has 20 heavy (non-hydrogen) atoms. The van der Waals surface area contributed by atoms with E-state index in [1.807, 2.05) is 19.2 Å². The van der Waals surface area contributed by atoms with Gasteiger partial charge in [0, 0.05) is 6.04 Å². The van der Waals surface area contributed by atoms with Crippen LogP contribution in [0.25, 0.3) is 0 Å². The standard InChI is InChI=1S/C17H18N2O/c1-3-17(19-2)14-6-10-16(11-7-14)20-15-8-4-13(12-18)5-9-15/h4-11,17,19H,3H2,1-2H3. The fourth-order valence-electron chi connectivity index (χ4n) is 2.11. The highest BCUT2D eigenvalue weighted by Gasteiger charge is 2.06. The molecule has 0 fully saturated rings. The van der Waals surface area contributed by atoms with E-state index in [9.17, 15) is 0 Å². The van der Waals surface area contributed by atoms with Crippen LogP contribution >= 0.6 is 0 Å². The third-order valence-corrected chi connectivity index (χ3v) is 3.26. The van der Waals surface area contributed by atoms with Gasteiger partial charge in [-0.05, 0) is 55.4 Å². The molecule has 0 aromatic heterocycles. The summed E-state index contributed by atoms with van der Waals surface area (Å²) in [6.07, 6.45) is 1.05. The minimum absolute atomic E-state index is 0.374. The largest absolute Gasteiger partial charge is 0.457 e. The molecule has 1 atom stereocenters.